The van der Waals surface area contributed by atoms with E-state index in [-0.39, 0.29) is 13.2 Å². The quantitative estimate of drug-likeness (QED) is 0.901. The molecule has 0 saturated carbocycles. The van der Waals surface area contributed by atoms with Crippen molar-refractivity contribution in [2.75, 3.05) is 19.8 Å². The van der Waals surface area contributed by atoms with Crippen molar-refractivity contribution in [2.45, 2.75) is 38.3 Å². The van der Waals surface area contributed by atoms with Gasteiger partial charge in [0.15, 0.2) is 0 Å². The van der Waals surface area contributed by atoms with Gasteiger partial charge in [-0.2, -0.15) is 0 Å². The van der Waals surface area contributed by atoms with Gasteiger partial charge < -0.3 is 14.6 Å². The summed E-state index contributed by atoms with van der Waals surface area (Å²) in [4.78, 5) is 25.8. The Kier molecular flexibility index (Phi) is 5.72. The van der Waals surface area contributed by atoms with Crippen LogP contribution in [0, 0.1) is 0 Å². The Morgan fingerprint density at radius 3 is 2.50 bits per heavy atom. The monoisotopic (exact) mass is 355 g/mol. The highest BCUT2D eigenvalue weighted by Gasteiger charge is 2.40. The zero-order valence-electron chi connectivity index (χ0n) is 14.0. The number of amides is 1. The van der Waals surface area contributed by atoms with Gasteiger partial charge in [0, 0.05) is 11.6 Å². The van der Waals surface area contributed by atoms with E-state index in [9.17, 15) is 14.7 Å². The molecule has 1 saturated heterocycles. The predicted octanol–water partition coefficient (Wildman–Crippen LogP) is 3.14. The summed E-state index contributed by atoms with van der Waals surface area (Å²) in [7, 11) is 0. The van der Waals surface area contributed by atoms with Crippen LogP contribution in [0.25, 0.3) is 0 Å². The van der Waals surface area contributed by atoms with E-state index < -0.39 is 29.6 Å². The fourth-order valence-electron chi connectivity index (χ4n) is 2.65. The first kappa shape index (κ1) is 18.5. The van der Waals surface area contributed by atoms with Gasteiger partial charge in [0.2, 0.25) is 0 Å². The molecule has 0 bridgehead atoms. The van der Waals surface area contributed by atoms with E-state index in [1.807, 2.05) is 0 Å². The van der Waals surface area contributed by atoms with Gasteiger partial charge >= 0.3 is 12.1 Å². The van der Waals surface area contributed by atoms with Crippen LogP contribution in [0.15, 0.2) is 24.3 Å². The predicted molar refractivity (Wildman–Crippen MR) is 89.4 cm³/mol. The maximum Gasteiger partial charge on any atom is 0.410 e. The molecule has 7 heteroatoms. The van der Waals surface area contributed by atoms with Crippen LogP contribution in [0.2, 0.25) is 5.02 Å². The molecule has 2 rings (SSSR count). The Bertz CT molecular complexity index is 596. The third-order valence-corrected chi connectivity index (χ3v) is 3.93. The number of carbonyl (C=O) groups excluding carboxylic acids is 1. The van der Waals surface area contributed by atoms with Gasteiger partial charge in [-0.1, -0.05) is 23.7 Å². The number of carboxylic acids is 1. The standard InChI is InChI=1S/C17H22ClNO5/c1-17(2,3)24-16(22)19-8-9-23-10-13(19)14(15(20)21)11-4-6-12(18)7-5-11/h4-7,13-14H,8-10H2,1-3H3,(H,20,21). The van der Waals surface area contributed by atoms with Crippen LogP contribution in [0.5, 0.6) is 0 Å². The molecule has 0 aromatic heterocycles. The molecule has 0 radical (unpaired) electrons. The highest BCUT2D eigenvalue weighted by molar-refractivity contribution is 6.30. The average molecular weight is 356 g/mol. The lowest BCUT2D eigenvalue weighted by Crippen LogP contribution is -2.54. The maximum atomic E-state index is 12.5. The van der Waals surface area contributed by atoms with Crippen LogP contribution in [-0.4, -0.2) is 53.5 Å². The summed E-state index contributed by atoms with van der Waals surface area (Å²) < 4.78 is 10.8. The molecule has 2 atom stereocenters. The minimum atomic E-state index is -1.03. The molecule has 1 N–H and O–H groups in total. The Hall–Kier alpha value is -1.79. The van der Waals surface area contributed by atoms with Crippen molar-refractivity contribution in [1.29, 1.82) is 0 Å². The van der Waals surface area contributed by atoms with E-state index in [0.717, 1.165) is 0 Å². The van der Waals surface area contributed by atoms with E-state index >= 15 is 0 Å². The summed E-state index contributed by atoms with van der Waals surface area (Å²) in [6.07, 6.45) is -0.531. The Morgan fingerprint density at radius 2 is 1.96 bits per heavy atom. The zero-order chi connectivity index (χ0) is 17.9. The highest BCUT2D eigenvalue weighted by atomic mass is 35.5. The third-order valence-electron chi connectivity index (χ3n) is 3.67. The zero-order valence-corrected chi connectivity index (χ0v) is 14.7. The fraction of sp³-hybridized carbons (Fsp3) is 0.529. The largest absolute Gasteiger partial charge is 0.481 e. The minimum Gasteiger partial charge on any atom is -0.481 e. The first-order chi connectivity index (χ1) is 11.2. The number of morpholine rings is 1. The topological polar surface area (TPSA) is 76.1 Å². The van der Waals surface area contributed by atoms with Crippen LogP contribution in [0.4, 0.5) is 4.79 Å². The average Bonchev–Trinajstić information content (AvgIpc) is 2.48. The van der Waals surface area contributed by atoms with Crippen LogP contribution < -0.4 is 0 Å². The summed E-state index contributed by atoms with van der Waals surface area (Å²) in [6.45, 7) is 6.09. The molecular weight excluding hydrogens is 334 g/mol. The lowest BCUT2D eigenvalue weighted by molar-refractivity contribution is -0.142. The van der Waals surface area contributed by atoms with Crippen molar-refractivity contribution in [3.8, 4) is 0 Å². The highest BCUT2D eigenvalue weighted by Crippen LogP contribution is 2.28. The number of ether oxygens (including phenoxy) is 2. The molecule has 1 aromatic carbocycles. The second-order valence-electron chi connectivity index (χ2n) is 6.68. The Morgan fingerprint density at radius 1 is 1.33 bits per heavy atom. The molecule has 1 aliphatic heterocycles. The normalized spacial score (nSPS) is 19.7. The SMILES string of the molecule is CC(C)(C)OC(=O)N1CCOCC1C(C(=O)O)c1ccc(Cl)cc1. The third kappa shape index (κ3) is 4.61. The van der Waals surface area contributed by atoms with Crippen LogP contribution in [0.3, 0.4) is 0 Å². The number of carboxylic acid groups (broad SMARTS) is 1. The van der Waals surface area contributed by atoms with E-state index in [0.29, 0.717) is 17.2 Å². The molecule has 6 nitrogen and oxygen atoms in total. The summed E-state index contributed by atoms with van der Waals surface area (Å²) in [5.74, 6) is -1.95. The molecule has 0 spiro atoms. The number of halogens is 1. The van der Waals surface area contributed by atoms with Gasteiger partial charge in [-0.25, -0.2) is 4.79 Å². The van der Waals surface area contributed by atoms with E-state index in [2.05, 4.69) is 0 Å². The molecule has 1 heterocycles. The van der Waals surface area contributed by atoms with Gasteiger partial charge in [0.05, 0.1) is 19.3 Å². The summed E-state index contributed by atoms with van der Waals surface area (Å²) in [5, 5.41) is 10.2. The molecule has 1 amide bonds. The first-order valence-electron chi connectivity index (χ1n) is 7.74. The van der Waals surface area contributed by atoms with E-state index in [1.54, 1.807) is 45.0 Å². The van der Waals surface area contributed by atoms with Gasteiger partial charge in [0.1, 0.15) is 11.5 Å². The number of hydrogen-bond acceptors (Lipinski definition) is 4. The smallest absolute Gasteiger partial charge is 0.410 e. The van der Waals surface area contributed by atoms with Gasteiger partial charge in [-0.15, -0.1) is 0 Å². The van der Waals surface area contributed by atoms with Gasteiger partial charge in [-0.3, -0.25) is 9.69 Å². The van der Waals surface area contributed by atoms with Crippen molar-refractivity contribution in [1.82, 2.24) is 4.90 Å². The summed E-state index contributed by atoms with van der Waals surface area (Å²) in [6, 6.07) is 5.93. The van der Waals surface area contributed by atoms with Crippen molar-refractivity contribution >= 4 is 23.7 Å². The second kappa shape index (κ2) is 7.40. The lowest BCUT2D eigenvalue weighted by atomic mass is 9.90. The molecule has 1 aliphatic rings. The number of aliphatic carboxylic acids is 1. The van der Waals surface area contributed by atoms with Crippen molar-refractivity contribution in [3.63, 3.8) is 0 Å². The number of benzene rings is 1. The minimum absolute atomic E-state index is 0.138. The maximum absolute atomic E-state index is 12.5. The van der Waals surface area contributed by atoms with E-state index in [1.165, 1.54) is 4.90 Å². The second-order valence-corrected chi connectivity index (χ2v) is 7.12. The Labute approximate surface area is 146 Å². The van der Waals surface area contributed by atoms with Gasteiger partial charge in [0.25, 0.3) is 0 Å². The number of hydrogen-bond donors (Lipinski definition) is 1. The fourth-order valence-corrected chi connectivity index (χ4v) is 2.77. The van der Waals surface area contributed by atoms with Crippen molar-refractivity contribution < 1.29 is 24.2 Å². The van der Waals surface area contributed by atoms with Crippen LogP contribution in [0.1, 0.15) is 32.3 Å². The first-order valence-corrected chi connectivity index (χ1v) is 8.12. The van der Waals surface area contributed by atoms with Crippen LogP contribution in [-0.2, 0) is 14.3 Å². The number of rotatable bonds is 3. The molecule has 0 aliphatic carbocycles. The number of carbonyl (C=O) groups is 2. The summed E-state index contributed by atoms with van der Waals surface area (Å²) in [5.41, 5.74) is -0.0881. The van der Waals surface area contributed by atoms with E-state index in [4.69, 9.17) is 21.1 Å². The van der Waals surface area contributed by atoms with Crippen LogP contribution >= 0.6 is 11.6 Å². The number of nitrogens with zero attached hydrogens (tertiary/aromatic N) is 1. The van der Waals surface area contributed by atoms with Gasteiger partial charge in [-0.05, 0) is 38.5 Å². The molecule has 1 fully saturated rings. The lowest BCUT2D eigenvalue weighted by Gasteiger charge is -2.39. The molecular formula is C17H22ClNO5. The van der Waals surface area contributed by atoms with Crippen molar-refractivity contribution in [3.05, 3.63) is 34.9 Å². The molecule has 2 unspecified atom stereocenters. The summed E-state index contributed by atoms with van der Waals surface area (Å²) >= 11 is 5.88. The van der Waals surface area contributed by atoms with Crippen molar-refractivity contribution in [2.24, 2.45) is 0 Å². The molecule has 1 aromatic rings. The molecule has 132 valence electrons. The Balaban J connectivity index is 2.30. The molecule has 24 heavy (non-hydrogen) atoms.